The summed E-state index contributed by atoms with van der Waals surface area (Å²) in [7, 11) is 0. The van der Waals surface area contributed by atoms with Gasteiger partial charge in [-0.1, -0.05) is 88.3 Å². The fourth-order valence-electron chi connectivity index (χ4n) is 2.42. The second-order valence-corrected chi connectivity index (χ2v) is 5.52. The molecule has 0 unspecified atom stereocenters. The molecule has 0 heteroatoms. The lowest BCUT2D eigenvalue weighted by molar-refractivity contribution is 0.578. The SMILES string of the molecule is CCCCCCCCCC/C=C(\C)c1ccccc1. The normalized spacial score (nSPS) is 11.8. The van der Waals surface area contributed by atoms with Crippen LogP contribution in [0.15, 0.2) is 36.4 Å². The van der Waals surface area contributed by atoms with Gasteiger partial charge < -0.3 is 0 Å². The smallest absolute Gasteiger partial charge is 0.0231 e. The van der Waals surface area contributed by atoms with E-state index in [2.05, 4.69) is 50.3 Å². The van der Waals surface area contributed by atoms with Crippen molar-refractivity contribution in [1.82, 2.24) is 0 Å². The summed E-state index contributed by atoms with van der Waals surface area (Å²) >= 11 is 0. The molecule has 0 aliphatic rings. The molecule has 106 valence electrons. The molecule has 0 fully saturated rings. The largest absolute Gasteiger partial charge is 0.0810 e. The first kappa shape index (κ1) is 16.0. The van der Waals surface area contributed by atoms with Gasteiger partial charge in [0, 0.05) is 0 Å². The predicted molar refractivity (Wildman–Crippen MR) is 87.3 cm³/mol. The zero-order valence-corrected chi connectivity index (χ0v) is 12.8. The molecule has 0 aromatic heterocycles. The summed E-state index contributed by atoms with van der Waals surface area (Å²) in [5, 5.41) is 0. The molecule has 0 spiro atoms. The molecule has 1 aromatic carbocycles. The molecule has 0 atom stereocenters. The third kappa shape index (κ3) is 7.87. The van der Waals surface area contributed by atoms with E-state index in [0.717, 1.165) is 0 Å². The van der Waals surface area contributed by atoms with Gasteiger partial charge in [-0.05, 0) is 30.9 Å². The van der Waals surface area contributed by atoms with E-state index in [1.807, 2.05) is 0 Å². The number of rotatable bonds is 10. The highest BCUT2D eigenvalue weighted by atomic mass is 14.0. The minimum Gasteiger partial charge on any atom is -0.0810 e. The first-order valence-corrected chi connectivity index (χ1v) is 8.06. The molecule has 0 bridgehead atoms. The average Bonchev–Trinajstić information content (AvgIpc) is 2.46. The maximum atomic E-state index is 2.40. The molecular formula is C19H30. The van der Waals surface area contributed by atoms with E-state index in [4.69, 9.17) is 0 Å². The molecule has 0 amide bonds. The van der Waals surface area contributed by atoms with Crippen molar-refractivity contribution >= 4 is 5.57 Å². The van der Waals surface area contributed by atoms with E-state index in [1.54, 1.807) is 0 Å². The van der Waals surface area contributed by atoms with Gasteiger partial charge in [-0.15, -0.1) is 0 Å². The number of hydrogen-bond donors (Lipinski definition) is 0. The zero-order chi connectivity index (χ0) is 13.8. The van der Waals surface area contributed by atoms with Gasteiger partial charge >= 0.3 is 0 Å². The van der Waals surface area contributed by atoms with Crippen molar-refractivity contribution in [2.24, 2.45) is 0 Å². The fraction of sp³-hybridized carbons (Fsp3) is 0.579. The van der Waals surface area contributed by atoms with E-state index in [1.165, 1.54) is 68.9 Å². The van der Waals surface area contributed by atoms with Crippen molar-refractivity contribution in [3.8, 4) is 0 Å². The Labute approximate surface area is 119 Å². The minimum absolute atomic E-state index is 1.23. The Hall–Kier alpha value is -1.04. The van der Waals surface area contributed by atoms with Crippen molar-refractivity contribution in [3.05, 3.63) is 42.0 Å². The van der Waals surface area contributed by atoms with Crippen molar-refractivity contribution in [3.63, 3.8) is 0 Å². The molecule has 0 nitrogen and oxygen atoms in total. The van der Waals surface area contributed by atoms with Crippen LogP contribution in [-0.4, -0.2) is 0 Å². The van der Waals surface area contributed by atoms with Gasteiger partial charge in [0.05, 0.1) is 0 Å². The Bertz CT molecular complexity index is 334. The summed E-state index contributed by atoms with van der Waals surface area (Å²) in [4.78, 5) is 0. The summed E-state index contributed by atoms with van der Waals surface area (Å²) in [6, 6.07) is 10.7. The van der Waals surface area contributed by atoms with Crippen LogP contribution in [0.25, 0.3) is 5.57 Å². The molecule has 1 rings (SSSR count). The minimum atomic E-state index is 1.23. The summed E-state index contributed by atoms with van der Waals surface area (Å²) in [6.45, 7) is 4.50. The van der Waals surface area contributed by atoms with Crippen LogP contribution in [0.5, 0.6) is 0 Å². The number of benzene rings is 1. The molecule has 0 saturated carbocycles. The average molecular weight is 258 g/mol. The van der Waals surface area contributed by atoms with E-state index in [-0.39, 0.29) is 0 Å². The van der Waals surface area contributed by atoms with Crippen molar-refractivity contribution in [2.75, 3.05) is 0 Å². The molecular weight excluding hydrogens is 228 g/mol. The maximum absolute atomic E-state index is 2.40. The Balaban J connectivity index is 2.04. The second kappa shape index (κ2) is 10.8. The fourth-order valence-corrected chi connectivity index (χ4v) is 2.42. The van der Waals surface area contributed by atoms with E-state index >= 15 is 0 Å². The lowest BCUT2D eigenvalue weighted by Gasteiger charge is -2.02. The number of allylic oxidation sites excluding steroid dienone is 2. The summed E-state index contributed by atoms with van der Waals surface area (Å²) in [5.74, 6) is 0. The second-order valence-electron chi connectivity index (χ2n) is 5.52. The molecule has 0 saturated heterocycles. The van der Waals surface area contributed by atoms with Gasteiger partial charge in [0.1, 0.15) is 0 Å². The molecule has 1 aromatic rings. The van der Waals surface area contributed by atoms with Crippen LogP contribution < -0.4 is 0 Å². The highest BCUT2D eigenvalue weighted by Gasteiger charge is 1.94. The van der Waals surface area contributed by atoms with Crippen molar-refractivity contribution in [2.45, 2.75) is 71.6 Å². The third-order valence-electron chi connectivity index (χ3n) is 3.74. The monoisotopic (exact) mass is 258 g/mol. The summed E-state index contributed by atoms with van der Waals surface area (Å²) in [5.41, 5.74) is 2.78. The van der Waals surface area contributed by atoms with E-state index < -0.39 is 0 Å². The number of unbranched alkanes of at least 4 members (excludes halogenated alkanes) is 8. The van der Waals surface area contributed by atoms with Crippen LogP contribution in [0.3, 0.4) is 0 Å². The Morgan fingerprint density at radius 2 is 1.42 bits per heavy atom. The highest BCUT2D eigenvalue weighted by Crippen LogP contribution is 2.15. The van der Waals surface area contributed by atoms with Gasteiger partial charge in [0.15, 0.2) is 0 Å². The third-order valence-corrected chi connectivity index (χ3v) is 3.74. The Morgan fingerprint density at radius 3 is 2.05 bits per heavy atom. The Kier molecular flexibility index (Phi) is 9.14. The topological polar surface area (TPSA) is 0 Å². The van der Waals surface area contributed by atoms with Crippen LogP contribution >= 0.6 is 0 Å². The lowest BCUT2D eigenvalue weighted by atomic mass is 10.0. The summed E-state index contributed by atoms with van der Waals surface area (Å²) < 4.78 is 0. The van der Waals surface area contributed by atoms with Gasteiger partial charge in [0.2, 0.25) is 0 Å². The van der Waals surface area contributed by atoms with Crippen LogP contribution in [-0.2, 0) is 0 Å². The van der Waals surface area contributed by atoms with E-state index in [0.29, 0.717) is 0 Å². The van der Waals surface area contributed by atoms with Crippen LogP contribution in [0.4, 0.5) is 0 Å². The van der Waals surface area contributed by atoms with Gasteiger partial charge in [-0.3, -0.25) is 0 Å². The molecule has 0 radical (unpaired) electrons. The molecule has 0 heterocycles. The van der Waals surface area contributed by atoms with Gasteiger partial charge in [-0.2, -0.15) is 0 Å². The first-order valence-electron chi connectivity index (χ1n) is 8.06. The Morgan fingerprint density at radius 1 is 0.842 bits per heavy atom. The standard InChI is InChI=1S/C19H30/c1-3-4-5-6-7-8-9-10-12-15-18(2)19-16-13-11-14-17-19/h11,13-17H,3-10,12H2,1-2H3/b18-15+. The lowest BCUT2D eigenvalue weighted by Crippen LogP contribution is -1.81. The van der Waals surface area contributed by atoms with Gasteiger partial charge in [-0.25, -0.2) is 0 Å². The molecule has 19 heavy (non-hydrogen) atoms. The first-order chi connectivity index (χ1) is 9.34. The van der Waals surface area contributed by atoms with Gasteiger partial charge in [0.25, 0.3) is 0 Å². The van der Waals surface area contributed by atoms with Crippen LogP contribution in [0.1, 0.15) is 77.2 Å². The van der Waals surface area contributed by atoms with Crippen molar-refractivity contribution in [1.29, 1.82) is 0 Å². The highest BCUT2D eigenvalue weighted by molar-refractivity contribution is 5.63. The predicted octanol–water partition coefficient (Wildman–Crippen LogP) is 6.62. The summed E-state index contributed by atoms with van der Waals surface area (Å²) in [6.07, 6.45) is 14.9. The zero-order valence-electron chi connectivity index (χ0n) is 12.8. The molecule has 0 aliphatic heterocycles. The van der Waals surface area contributed by atoms with Crippen molar-refractivity contribution < 1.29 is 0 Å². The van der Waals surface area contributed by atoms with Crippen LogP contribution in [0.2, 0.25) is 0 Å². The molecule has 0 N–H and O–H groups in total. The maximum Gasteiger partial charge on any atom is -0.0231 e. The molecule has 0 aliphatic carbocycles. The van der Waals surface area contributed by atoms with E-state index in [9.17, 15) is 0 Å². The number of hydrogen-bond acceptors (Lipinski definition) is 0. The van der Waals surface area contributed by atoms with Crippen LogP contribution in [0, 0.1) is 0 Å². The quantitative estimate of drug-likeness (QED) is 0.414.